The second kappa shape index (κ2) is 5.87. The van der Waals surface area contributed by atoms with Crippen LogP contribution in [0.1, 0.15) is 45.0 Å². The Hall–Kier alpha value is -1.15. The van der Waals surface area contributed by atoms with E-state index in [1.165, 1.54) is 0 Å². The van der Waals surface area contributed by atoms with Gasteiger partial charge in [0.1, 0.15) is 0 Å². The van der Waals surface area contributed by atoms with E-state index >= 15 is 0 Å². The molecule has 1 aliphatic heterocycles. The summed E-state index contributed by atoms with van der Waals surface area (Å²) >= 11 is 0. The minimum absolute atomic E-state index is 0.0430. The van der Waals surface area contributed by atoms with E-state index in [-0.39, 0.29) is 17.8 Å². The molecule has 1 unspecified atom stereocenters. The minimum atomic E-state index is -3.41. The smallest absolute Gasteiger partial charge is 0.329 e. The lowest BCUT2D eigenvalue weighted by Crippen LogP contribution is -2.18. The number of anilines is 1. The zero-order chi connectivity index (χ0) is 13.9. The van der Waals surface area contributed by atoms with Crippen molar-refractivity contribution >= 4 is 16.0 Å². The molecule has 1 aromatic heterocycles. The van der Waals surface area contributed by atoms with Gasteiger partial charge in [0.2, 0.25) is 15.9 Å². The van der Waals surface area contributed by atoms with E-state index in [1.54, 1.807) is 0 Å². The highest BCUT2D eigenvalue weighted by molar-refractivity contribution is 7.92. The van der Waals surface area contributed by atoms with Gasteiger partial charge in [-0.1, -0.05) is 18.9 Å². The van der Waals surface area contributed by atoms with E-state index in [0.29, 0.717) is 18.2 Å². The Labute approximate surface area is 113 Å². The van der Waals surface area contributed by atoms with Crippen LogP contribution in [0.3, 0.4) is 0 Å². The molecule has 8 heteroatoms. The molecule has 1 aliphatic rings. The summed E-state index contributed by atoms with van der Waals surface area (Å²) in [6.45, 7) is 4.88. The summed E-state index contributed by atoms with van der Waals surface area (Å²) in [5.41, 5.74) is 0. The van der Waals surface area contributed by atoms with E-state index in [9.17, 15) is 8.42 Å². The Morgan fingerprint density at radius 1 is 1.47 bits per heavy atom. The van der Waals surface area contributed by atoms with Gasteiger partial charge in [0.05, 0.1) is 11.8 Å². The van der Waals surface area contributed by atoms with Gasteiger partial charge >= 0.3 is 6.01 Å². The summed E-state index contributed by atoms with van der Waals surface area (Å²) in [7, 11) is -3.41. The molecule has 2 rings (SSSR count). The lowest BCUT2D eigenvalue weighted by Gasteiger charge is -2.06. The molecular weight excluding hydrogens is 268 g/mol. The van der Waals surface area contributed by atoms with Crippen LogP contribution in [-0.2, 0) is 10.0 Å². The monoisotopic (exact) mass is 288 g/mol. The number of sulfonamides is 1. The van der Waals surface area contributed by atoms with Crippen molar-refractivity contribution in [2.24, 2.45) is 5.92 Å². The third-order valence-electron chi connectivity index (χ3n) is 3.01. The fraction of sp³-hybridized carbons (Fsp3) is 0.818. The van der Waals surface area contributed by atoms with Crippen LogP contribution in [0.25, 0.3) is 0 Å². The molecule has 2 N–H and O–H groups in total. The summed E-state index contributed by atoms with van der Waals surface area (Å²) in [6.07, 6.45) is 2.59. The molecule has 108 valence electrons. The lowest BCUT2D eigenvalue weighted by molar-refractivity contribution is 0.439. The van der Waals surface area contributed by atoms with Crippen LogP contribution in [0.2, 0.25) is 0 Å². The summed E-state index contributed by atoms with van der Waals surface area (Å²) in [6, 6.07) is -0.00567. The molecule has 1 fully saturated rings. The van der Waals surface area contributed by atoms with Crippen molar-refractivity contribution in [2.45, 2.75) is 39.2 Å². The number of aromatic nitrogens is 2. The quantitative estimate of drug-likeness (QED) is 0.818. The fourth-order valence-electron chi connectivity index (χ4n) is 1.89. The molecule has 0 aromatic carbocycles. The number of hydrogen-bond acceptors (Lipinski definition) is 6. The molecule has 0 spiro atoms. The van der Waals surface area contributed by atoms with Crippen LogP contribution in [0.4, 0.5) is 6.01 Å². The van der Waals surface area contributed by atoms with Crippen molar-refractivity contribution in [3.8, 4) is 0 Å². The molecule has 0 bridgehead atoms. The van der Waals surface area contributed by atoms with Crippen LogP contribution >= 0.6 is 0 Å². The van der Waals surface area contributed by atoms with Crippen molar-refractivity contribution in [2.75, 3.05) is 17.0 Å². The maximum atomic E-state index is 11.8. The predicted octanol–water partition coefficient (Wildman–Crippen LogP) is 1.28. The molecule has 1 aromatic rings. The highest BCUT2D eigenvalue weighted by atomic mass is 32.2. The second-order valence-electron chi connectivity index (χ2n) is 5.20. The second-order valence-corrected chi connectivity index (χ2v) is 7.04. The average Bonchev–Trinajstić information content (AvgIpc) is 2.95. The van der Waals surface area contributed by atoms with E-state index in [2.05, 4.69) is 20.2 Å². The van der Waals surface area contributed by atoms with Gasteiger partial charge in [-0.3, -0.25) is 0 Å². The first-order valence-corrected chi connectivity index (χ1v) is 8.19. The molecule has 1 atom stereocenters. The van der Waals surface area contributed by atoms with Crippen molar-refractivity contribution < 1.29 is 12.8 Å². The maximum absolute atomic E-state index is 11.8. The fourth-order valence-corrected chi connectivity index (χ4v) is 3.12. The third kappa shape index (κ3) is 4.17. The van der Waals surface area contributed by atoms with E-state index in [4.69, 9.17) is 4.42 Å². The zero-order valence-electron chi connectivity index (χ0n) is 11.2. The molecule has 2 heterocycles. The van der Waals surface area contributed by atoms with Crippen LogP contribution in [0, 0.1) is 5.92 Å². The van der Waals surface area contributed by atoms with E-state index in [1.807, 2.05) is 13.8 Å². The average molecular weight is 288 g/mol. The van der Waals surface area contributed by atoms with Gasteiger partial charge in [-0.2, -0.15) is 0 Å². The first-order chi connectivity index (χ1) is 8.96. The molecule has 0 amide bonds. The first-order valence-electron chi connectivity index (χ1n) is 6.53. The van der Waals surface area contributed by atoms with Gasteiger partial charge < -0.3 is 9.73 Å². The molecule has 7 nitrogen and oxygen atoms in total. The largest absolute Gasteiger partial charge is 0.406 e. The topological polar surface area (TPSA) is 97.1 Å². The first kappa shape index (κ1) is 14.3. The highest BCUT2D eigenvalue weighted by Gasteiger charge is 2.23. The molecule has 1 saturated heterocycles. The van der Waals surface area contributed by atoms with Crippen molar-refractivity contribution in [3.63, 3.8) is 0 Å². The van der Waals surface area contributed by atoms with E-state index in [0.717, 1.165) is 19.4 Å². The van der Waals surface area contributed by atoms with Crippen molar-refractivity contribution in [1.29, 1.82) is 0 Å². The molecular formula is C11H20N4O3S. The van der Waals surface area contributed by atoms with Crippen LogP contribution in [-0.4, -0.2) is 30.9 Å². The Bertz CT molecular complexity index is 506. The number of nitrogens with one attached hydrogen (secondary N) is 2. The normalized spacial score (nSPS) is 20.1. The summed E-state index contributed by atoms with van der Waals surface area (Å²) in [4.78, 5) is 0. The zero-order valence-corrected chi connectivity index (χ0v) is 12.0. The Morgan fingerprint density at radius 3 is 2.89 bits per heavy atom. The third-order valence-corrected chi connectivity index (χ3v) is 4.26. The Morgan fingerprint density at radius 2 is 2.26 bits per heavy atom. The Balaban J connectivity index is 1.95. The van der Waals surface area contributed by atoms with Gasteiger partial charge in [0, 0.05) is 0 Å². The molecule has 19 heavy (non-hydrogen) atoms. The number of hydrogen-bond donors (Lipinski definition) is 2. The van der Waals surface area contributed by atoms with E-state index < -0.39 is 10.0 Å². The molecule has 0 radical (unpaired) electrons. The summed E-state index contributed by atoms with van der Waals surface area (Å²) in [5.74, 6) is 0.834. The number of rotatable bonds is 6. The number of nitrogens with zero attached hydrogens (tertiary/aromatic N) is 2. The predicted molar refractivity (Wildman–Crippen MR) is 71.1 cm³/mol. The summed E-state index contributed by atoms with van der Waals surface area (Å²) < 4.78 is 31.2. The van der Waals surface area contributed by atoms with Crippen LogP contribution < -0.4 is 10.0 Å². The van der Waals surface area contributed by atoms with Gasteiger partial charge in [0.15, 0.2) is 0 Å². The van der Waals surface area contributed by atoms with Crippen molar-refractivity contribution in [3.05, 3.63) is 5.89 Å². The van der Waals surface area contributed by atoms with Crippen molar-refractivity contribution in [1.82, 2.24) is 15.5 Å². The van der Waals surface area contributed by atoms with Crippen LogP contribution in [0.15, 0.2) is 4.42 Å². The molecule has 0 aliphatic carbocycles. The summed E-state index contributed by atoms with van der Waals surface area (Å²) in [5, 5.41) is 10.8. The van der Waals surface area contributed by atoms with Crippen LogP contribution in [0.5, 0.6) is 0 Å². The molecule has 0 saturated carbocycles. The van der Waals surface area contributed by atoms with Gasteiger partial charge in [-0.25, -0.2) is 13.1 Å². The highest BCUT2D eigenvalue weighted by Crippen LogP contribution is 2.23. The standard InChI is InChI=1S/C11H20N4O3S/c1-8(2)5-7-19(16,17)15-11-14-13-10(18-11)9-4-3-6-12-9/h8-9,12H,3-7H2,1-2H3,(H,14,15). The van der Waals surface area contributed by atoms with Gasteiger partial charge in [-0.15, -0.1) is 5.10 Å². The lowest BCUT2D eigenvalue weighted by atomic mass is 10.2. The SMILES string of the molecule is CC(C)CCS(=O)(=O)Nc1nnc(C2CCCN2)o1. The Kier molecular flexibility index (Phi) is 4.41. The maximum Gasteiger partial charge on any atom is 0.329 e. The van der Waals surface area contributed by atoms with Gasteiger partial charge in [0.25, 0.3) is 0 Å². The minimum Gasteiger partial charge on any atom is -0.406 e. The van der Waals surface area contributed by atoms with Gasteiger partial charge in [-0.05, 0) is 31.7 Å².